The molecule has 0 aliphatic rings. The smallest absolute Gasteiger partial charge is 0.225 e. The summed E-state index contributed by atoms with van der Waals surface area (Å²) in [4.78, 5) is 16.8. The van der Waals surface area contributed by atoms with Crippen molar-refractivity contribution in [3.63, 3.8) is 0 Å². The predicted molar refractivity (Wildman–Crippen MR) is 113 cm³/mol. The lowest BCUT2D eigenvalue weighted by Crippen LogP contribution is -2.35. The van der Waals surface area contributed by atoms with Crippen LogP contribution in [0.15, 0.2) is 30.3 Å². The molecular formula is C22H34N4O. The van der Waals surface area contributed by atoms with E-state index in [1.165, 1.54) is 0 Å². The lowest BCUT2D eigenvalue weighted by molar-refractivity contribution is -0.135. The molecule has 27 heavy (non-hydrogen) atoms. The van der Waals surface area contributed by atoms with Gasteiger partial charge in [0.1, 0.15) is 5.82 Å². The monoisotopic (exact) mass is 370 g/mol. The van der Waals surface area contributed by atoms with Gasteiger partial charge in [0, 0.05) is 32.1 Å². The SMILES string of the molecule is CCCN(Cc1c(C(C)C)nn(-c2ccccc2)c1N(C)C)C(=O)C(C)C. The summed E-state index contributed by atoms with van der Waals surface area (Å²) in [6.45, 7) is 11.7. The van der Waals surface area contributed by atoms with Gasteiger partial charge in [-0.1, -0.05) is 52.8 Å². The van der Waals surface area contributed by atoms with Gasteiger partial charge in [-0.05, 0) is 24.5 Å². The van der Waals surface area contributed by atoms with Crippen LogP contribution >= 0.6 is 0 Å². The highest BCUT2D eigenvalue weighted by Gasteiger charge is 2.26. The van der Waals surface area contributed by atoms with E-state index in [9.17, 15) is 4.79 Å². The Morgan fingerprint density at radius 3 is 2.22 bits per heavy atom. The number of carbonyl (C=O) groups is 1. The zero-order chi connectivity index (χ0) is 20.1. The maximum Gasteiger partial charge on any atom is 0.225 e. The largest absolute Gasteiger partial charge is 0.362 e. The van der Waals surface area contributed by atoms with Gasteiger partial charge >= 0.3 is 0 Å². The molecule has 1 aromatic carbocycles. The van der Waals surface area contributed by atoms with E-state index < -0.39 is 0 Å². The second-order valence-corrected chi connectivity index (χ2v) is 7.90. The lowest BCUT2D eigenvalue weighted by atomic mass is 10.0. The molecule has 5 nitrogen and oxygen atoms in total. The van der Waals surface area contributed by atoms with E-state index >= 15 is 0 Å². The molecule has 1 aromatic heterocycles. The topological polar surface area (TPSA) is 41.4 Å². The van der Waals surface area contributed by atoms with Crippen molar-refractivity contribution in [2.24, 2.45) is 5.92 Å². The lowest BCUT2D eigenvalue weighted by Gasteiger charge is -2.26. The molecule has 1 amide bonds. The summed E-state index contributed by atoms with van der Waals surface area (Å²) in [5.74, 6) is 1.51. The number of carbonyl (C=O) groups excluding carboxylic acids is 1. The number of hydrogen-bond acceptors (Lipinski definition) is 3. The molecule has 5 heteroatoms. The van der Waals surface area contributed by atoms with Gasteiger partial charge in [0.25, 0.3) is 0 Å². The molecule has 0 aliphatic heterocycles. The molecule has 0 saturated heterocycles. The van der Waals surface area contributed by atoms with Crippen LogP contribution in [0.25, 0.3) is 5.69 Å². The van der Waals surface area contributed by atoms with Gasteiger partial charge in [-0.25, -0.2) is 4.68 Å². The number of anilines is 1. The molecule has 2 aromatic rings. The van der Waals surface area contributed by atoms with Crippen LogP contribution in [0.1, 0.15) is 58.2 Å². The van der Waals surface area contributed by atoms with Crippen molar-refractivity contribution in [3.05, 3.63) is 41.6 Å². The average molecular weight is 371 g/mol. The van der Waals surface area contributed by atoms with Crippen LogP contribution in [0.4, 0.5) is 5.82 Å². The average Bonchev–Trinajstić information content (AvgIpc) is 3.01. The van der Waals surface area contributed by atoms with E-state index in [0.717, 1.165) is 35.7 Å². The van der Waals surface area contributed by atoms with Crippen LogP contribution in [0, 0.1) is 5.92 Å². The molecule has 2 rings (SSSR count). The highest BCUT2D eigenvalue weighted by molar-refractivity contribution is 5.78. The third kappa shape index (κ3) is 4.71. The summed E-state index contributed by atoms with van der Waals surface area (Å²) in [7, 11) is 4.08. The normalized spacial score (nSPS) is 11.3. The molecule has 0 aliphatic carbocycles. The molecule has 0 radical (unpaired) electrons. The molecule has 0 unspecified atom stereocenters. The quantitative estimate of drug-likeness (QED) is 0.689. The Hall–Kier alpha value is -2.30. The first-order valence-corrected chi connectivity index (χ1v) is 9.91. The molecular weight excluding hydrogens is 336 g/mol. The van der Waals surface area contributed by atoms with Gasteiger partial charge in [-0.15, -0.1) is 0 Å². The zero-order valence-corrected chi connectivity index (χ0v) is 17.9. The van der Waals surface area contributed by atoms with Gasteiger partial charge in [0.2, 0.25) is 5.91 Å². The molecule has 0 bridgehead atoms. The van der Waals surface area contributed by atoms with Crippen LogP contribution in [0.2, 0.25) is 0 Å². The van der Waals surface area contributed by atoms with Crippen LogP contribution in [-0.2, 0) is 11.3 Å². The highest BCUT2D eigenvalue weighted by atomic mass is 16.2. The van der Waals surface area contributed by atoms with Crippen molar-refractivity contribution < 1.29 is 4.79 Å². The standard InChI is InChI=1S/C22H34N4O/c1-8-14-25(22(27)17(4)5)15-19-20(16(2)3)23-26(21(19)24(6)7)18-12-10-9-11-13-18/h9-13,16-17H,8,14-15H2,1-7H3. The number of benzene rings is 1. The molecule has 1 heterocycles. The third-order valence-corrected chi connectivity index (χ3v) is 4.61. The molecule has 0 saturated carbocycles. The van der Waals surface area contributed by atoms with Crippen LogP contribution in [0.3, 0.4) is 0 Å². The third-order valence-electron chi connectivity index (χ3n) is 4.61. The summed E-state index contributed by atoms with van der Waals surface area (Å²) < 4.78 is 2.01. The van der Waals surface area contributed by atoms with Gasteiger partial charge in [0.15, 0.2) is 0 Å². The number of hydrogen-bond donors (Lipinski definition) is 0. The Kier molecular flexibility index (Phi) is 7.05. The van der Waals surface area contributed by atoms with Gasteiger partial charge < -0.3 is 9.80 Å². The fourth-order valence-corrected chi connectivity index (χ4v) is 3.38. The second-order valence-electron chi connectivity index (χ2n) is 7.90. The van der Waals surface area contributed by atoms with E-state index in [2.05, 4.69) is 37.8 Å². The predicted octanol–water partition coefficient (Wildman–Crippen LogP) is 4.46. The van der Waals surface area contributed by atoms with Gasteiger partial charge in [-0.3, -0.25) is 4.79 Å². The maximum atomic E-state index is 12.8. The zero-order valence-electron chi connectivity index (χ0n) is 17.9. The first-order chi connectivity index (χ1) is 12.8. The van der Waals surface area contributed by atoms with E-state index in [4.69, 9.17) is 5.10 Å². The fourth-order valence-electron chi connectivity index (χ4n) is 3.38. The molecule has 148 valence electrons. The Morgan fingerprint density at radius 1 is 1.11 bits per heavy atom. The first kappa shape index (κ1) is 21.0. The Morgan fingerprint density at radius 2 is 1.74 bits per heavy atom. The maximum absolute atomic E-state index is 12.8. The van der Waals surface area contributed by atoms with Gasteiger partial charge in [-0.2, -0.15) is 5.10 Å². The minimum absolute atomic E-state index is 0.00831. The van der Waals surface area contributed by atoms with E-state index in [1.54, 1.807) is 0 Å². The molecule has 0 atom stereocenters. The first-order valence-electron chi connectivity index (χ1n) is 9.91. The number of nitrogens with zero attached hydrogens (tertiary/aromatic N) is 4. The Labute approximate surface area is 164 Å². The Balaban J connectivity index is 2.59. The number of para-hydroxylation sites is 1. The van der Waals surface area contributed by atoms with Crippen molar-refractivity contribution in [1.82, 2.24) is 14.7 Å². The summed E-state index contributed by atoms with van der Waals surface area (Å²) in [6.07, 6.45) is 0.944. The van der Waals surface area contributed by atoms with Crippen molar-refractivity contribution >= 4 is 11.7 Å². The molecule has 0 spiro atoms. The summed E-state index contributed by atoms with van der Waals surface area (Å²) in [6, 6.07) is 10.2. The van der Waals surface area contributed by atoms with Crippen LogP contribution in [0.5, 0.6) is 0 Å². The van der Waals surface area contributed by atoms with Crippen LogP contribution < -0.4 is 4.90 Å². The van der Waals surface area contributed by atoms with E-state index in [0.29, 0.717) is 6.54 Å². The number of rotatable bonds is 8. The van der Waals surface area contributed by atoms with E-state index in [1.807, 2.05) is 55.7 Å². The summed E-state index contributed by atoms with van der Waals surface area (Å²) in [5.41, 5.74) is 3.23. The summed E-state index contributed by atoms with van der Waals surface area (Å²) in [5, 5.41) is 4.96. The highest BCUT2D eigenvalue weighted by Crippen LogP contribution is 2.31. The second kappa shape index (κ2) is 9.07. The Bertz CT molecular complexity index is 747. The number of amides is 1. The van der Waals surface area contributed by atoms with Crippen molar-refractivity contribution in [3.8, 4) is 5.69 Å². The minimum Gasteiger partial charge on any atom is -0.362 e. The summed E-state index contributed by atoms with van der Waals surface area (Å²) >= 11 is 0. The van der Waals surface area contributed by atoms with Crippen molar-refractivity contribution in [1.29, 1.82) is 0 Å². The molecule has 0 fully saturated rings. The van der Waals surface area contributed by atoms with Crippen molar-refractivity contribution in [2.75, 3.05) is 25.5 Å². The van der Waals surface area contributed by atoms with Crippen molar-refractivity contribution in [2.45, 2.75) is 53.5 Å². The molecule has 0 N–H and O–H groups in total. The minimum atomic E-state index is -0.00831. The van der Waals surface area contributed by atoms with E-state index in [-0.39, 0.29) is 17.7 Å². The number of aromatic nitrogens is 2. The van der Waals surface area contributed by atoms with Gasteiger partial charge in [0.05, 0.1) is 17.9 Å². The van der Waals surface area contributed by atoms with Crippen LogP contribution in [-0.4, -0.2) is 41.2 Å². The fraction of sp³-hybridized carbons (Fsp3) is 0.545.